The van der Waals surface area contributed by atoms with Gasteiger partial charge in [-0.05, 0) is 13.8 Å². The third kappa shape index (κ3) is 3.72. The molecule has 0 spiro atoms. The van der Waals surface area contributed by atoms with Crippen molar-refractivity contribution in [1.82, 2.24) is 14.6 Å². The summed E-state index contributed by atoms with van der Waals surface area (Å²) in [5, 5.41) is 2.71. The zero-order chi connectivity index (χ0) is 15.6. The number of nitrogens with zero attached hydrogens (tertiary/aromatic N) is 2. The summed E-state index contributed by atoms with van der Waals surface area (Å²) in [5.74, 6) is -0.371. The predicted octanol–water partition coefficient (Wildman–Crippen LogP) is 0.711. The highest BCUT2D eigenvalue weighted by Gasteiger charge is 2.39. The maximum absolute atomic E-state index is 12.6. The van der Waals surface area contributed by atoms with Crippen LogP contribution in [0.1, 0.15) is 13.8 Å². The highest BCUT2D eigenvalue weighted by atomic mass is 35.5. The summed E-state index contributed by atoms with van der Waals surface area (Å²) in [6.07, 6.45) is 1.20. The van der Waals surface area contributed by atoms with Crippen molar-refractivity contribution in [2.45, 2.75) is 30.1 Å². The van der Waals surface area contributed by atoms with E-state index in [0.29, 0.717) is 0 Å². The standard InChI is InChI=1S/C11H16ClN3O4S2/c1-7(2)14-10(16)8-6-19-4-3-15(8)21(17,18)9-5-13-11(12)20-9/h5,7-8H,3-4,6H2,1-2H3,(H,14,16). The largest absolute Gasteiger partial charge is 0.378 e. The number of rotatable bonds is 4. The Morgan fingerprint density at radius 1 is 1.62 bits per heavy atom. The van der Waals surface area contributed by atoms with Gasteiger partial charge in [0, 0.05) is 12.6 Å². The molecule has 2 rings (SSSR count). The predicted molar refractivity (Wildman–Crippen MR) is 78.9 cm³/mol. The van der Waals surface area contributed by atoms with Gasteiger partial charge < -0.3 is 10.1 Å². The van der Waals surface area contributed by atoms with E-state index in [1.54, 1.807) is 0 Å². The lowest BCUT2D eigenvalue weighted by Crippen LogP contribution is -2.56. The minimum Gasteiger partial charge on any atom is -0.378 e. The Morgan fingerprint density at radius 2 is 2.33 bits per heavy atom. The summed E-state index contributed by atoms with van der Waals surface area (Å²) in [7, 11) is -3.81. The summed E-state index contributed by atoms with van der Waals surface area (Å²) in [6.45, 7) is 4.02. The molecule has 0 radical (unpaired) electrons. The maximum atomic E-state index is 12.6. The van der Waals surface area contributed by atoms with Crippen LogP contribution in [-0.4, -0.2) is 55.5 Å². The molecule has 1 aromatic rings. The Morgan fingerprint density at radius 3 is 2.90 bits per heavy atom. The Bertz CT molecular complexity index is 617. The van der Waals surface area contributed by atoms with Gasteiger partial charge in [-0.25, -0.2) is 13.4 Å². The first kappa shape index (κ1) is 16.6. The van der Waals surface area contributed by atoms with E-state index in [1.807, 2.05) is 13.8 Å². The molecule has 1 atom stereocenters. The van der Waals surface area contributed by atoms with Crippen LogP contribution in [0, 0.1) is 0 Å². The smallest absolute Gasteiger partial charge is 0.255 e. The van der Waals surface area contributed by atoms with Gasteiger partial charge in [-0.3, -0.25) is 4.79 Å². The number of aromatic nitrogens is 1. The van der Waals surface area contributed by atoms with Crippen molar-refractivity contribution in [1.29, 1.82) is 0 Å². The third-order valence-electron chi connectivity index (χ3n) is 2.83. The molecule has 1 unspecified atom stereocenters. The van der Waals surface area contributed by atoms with Gasteiger partial charge in [0.2, 0.25) is 5.91 Å². The first-order valence-corrected chi connectivity index (χ1v) is 8.97. The number of carbonyl (C=O) groups excluding carboxylic acids is 1. The number of amides is 1. The van der Waals surface area contributed by atoms with E-state index in [2.05, 4.69) is 10.3 Å². The number of carbonyl (C=O) groups is 1. The van der Waals surface area contributed by atoms with Crippen molar-refractivity contribution < 1.29 is 17.9 Å². The van der Waals surface area contributed by atoms with Crippen LogP contribution in [0.25, 0.3) is 0 Å². The van der Waals surface area contributed by atoms with E-state index in [9.17, 15) is 13.2 Å². The Labute approximate surface area is 132 Å². The van der Waals surface area contributed by atoms with Gasteiger partial charge in [0.05, 0.1) is 19.4 Å². The molecular formula is C11H16ClN3O4S2. The molecule has 1 aliphatic rings. The van der Waals surface area contributed by atoms with Crippen LogP contribution in [0.5, 0.6) is 0 Å². The number of ether oxygens (including phenoxy) is 1. The summed E-state index contributed by atoms with van der Waals surface area (Å²) >= 11 is 6.56. The number of morpholine rings is 1. The van der Waals surface area contributed by atoms with E-state index >= 15 is 0 Å². The SMILES string of the molecule is CC(C)NC(=O)C1COCCN1S(=O)(=O)c1cnc(Cl)s1. The lowest BCUT2D eigenvalue weighted by atomic mass is 10.2. The summed E-state index contributed by atoms with van der Waals surface area (Å²) in [6, 6.07) is -0.964. The van der Waals surface area contributed by atoms with Crippen LogP contribution in [0.4, 0.5) is 0 Å². The van der Waals surface area contributed by atoms with Crippen molar-refractivity contribution in [3.05, 3.63) is 10.7 Å². The second kappa shape index (κ2) is 6.57. The van der Waals surface area contributed by atoms with Gasteiger partial charge in [0.25, 0.3) is 10.0 Å². The minimum atomic E-state index is -3.81. The van der Waals surface area contributed by atoms with Crippen molar-refractivity contribution in [2.75, 3.05) is 19.8 Å². The lowest BCUT2D eigenvalue weighted by Gasteiger charge is -2.33. The second-order valence-corrected chi connectivity index (χ2v) is 8.53. The van der Waals surface area contributed by atoms with Gasteiger partial charge in [-0.2, -0.15) is 4.31 Å². The van der Waals surface area contributed by atoms with Gasteiger partial charge >= 0.3 is 0 Å². The Kier molecular flexibility index (Phi) is 5.20. The van der Waals surface area contributed by atoms with Crippen LogP contribution in [0.3, 0.4) is 0 Å². The molecular weight excluding hydrogens is 338 g/mol. The van der Waals surface area contributed by atoms with Crippen molar-refractivity contribution in [3.63, 3.8) is 0 Å². The minimum absolute atomic E-state index is 0.0248. The van der Waals surface area contributed by atoms with E-state index in [-0.39, 0.29) is 40.4 Å². The third-order valence-corrected chi connectivity index (χ3v) is 6.29. The van der Waals surface area contributed by atoms with Crippen LogP contribution in [0.2, 0.25) is 4.47 Å². The van der Waals surface area contributed by atoms with E-state index in [0.717, 1.165) is 15.6 Å². The van der Waals surface area contributed by atoms with Gasteiger partial charge in [0.1, 0.15) is 6.04 Å². The molecule has 1 aliphatic heterocycles. The number of halogens is 1. The first-order valence-electron chi connectivity index (χ1n) is 6.33. The lowest BCUT2D eigenvalue weighted by molar-refractivity contribution is -0.129. The van der Waals surface area contributed by atoms with E-state index < -0.39 is 16.1 Å². The second-order valence-electron chi connectivity index (χ2n) is 4.80. The van der Waals surface area contributed by atoms with Crippen molar-refractivity contribution in [2.24, 2.45) is 0 Å². The first-order chi connectivity index (χ1) is 9.82. The van der Waals surface area contributed by atoms with Crippen molar-refractivity contribution >= 4 is 38.9 Å². The molecule has 118 valence electrons. The molecule has 1 saturated heterocycles. The van der Waals surface area contributed by atoms with Crippen molar-refractivity contribution in [3.8, 4) is 0 Å². The highest BCUT2D eigenvalue weighted by molar-refractivity contribution is 7.91. The fraction of sp³-hybridized carbons (Fsp3) is 0.636. The molecule has 2 heterocycles. The van der Waals surface area contributed by atoms with Gasteiger partial charge in [0.15, 0.2) is 8.68 Å². The van der Waals surface area contributed by atoms with Crippen LogP contribution < -0.4 is 5.32 Å². The maximum Gasteiger partial charge on any atom is 0.255 e. The molecule has 1 fully saturated rings. The topological polar surface area (TPSA) is 88.6 Å². The number of nitrogens with one attached hydrogen (secondary N) is 1. The monoisotopic (exact) mass is 353 g/mol. The van der Waals surface area contributed by atoms with E-state index in [4.69, 9.17) is 16.3 Å². The summed E-state index contributed by atoms with van der Waals surface area (Å²) in [5.41, 5.74) is 0. The average Bonchev–Trinajstić information content (AvgIpc) is 2.85. The average molecular weight is 354 g/mol. The summed E-state index contributed by atoms with van der Waals surface area (Å²) in [4.78, 5) is 15.9. The number of thiazole rings is 1. The fourth-order valence-corrected chi connectivity index (χ4v) is 4.92. The molecule has 0 saturated carbocycles. The number of hydrogen-bond donors (Lipinski definition) is 1. The molecule has 10 heteroatoms. The Hall–Kier alpha value is -0.740. The quantitative estimate of drug-likeness (QED) is 0.861. The molecule has 0 bridgehead atoms. The highest BCUT2D eigenvalue weighted by Crippen LogP contribution is 2.27. The normalized spacial score (nSPS) is 20.7. The van der Waals surface area contributed by atoms with E-state index in [1.165, 1.54) is 6.20 Å². The molecule has 1 N–H and O–H groups in total. The Balaban J connectivity index is 2.28. The number of sulfonamides is 1. The number of hydrogen-bond acceptors (Lipinski definition) is 6. The molecule has 0 aromatic carbocycles. The van der Waals surface area contributed by atoms with Crippen LogP contribution in [0.15, 0.2) is 10.4 Å². The molecule has 0 aliphatic carbocycles. The van der Waals surface area contributed by atoms with Gasteiger partial charge in [-0.15, -0.1) is 0 Å². The zero-order valence-electron chi connectivity index (χ0n) is 11.6. The molecule has 1 amide bonds. The fourth-order valence-electron chi connectivity index (χ4n) is 1.94. The summed E-state index contributed by atoms with van der Waals surface area (Å²) < 4.78 is 31.8. The molecule has 21 heavy (non-hydrogen) atoms. The van der Waals surface area contributed by atoms with Gasteiger partial charge in [-0.1, -0.05) is 22.9 Å². The molecule has 7 nitrogen and oxygen atoms in total. The molecule has 1 aromatic heterocycles. The van der Waals surface area contributed by atoms with Crippen LogP contribution >= 0.6 is 22.9 Å². The van der Waals surface area contributed by atoms with Crippen LogP contribution in [-0.2, 0) is 19.6 Å². The zero-order valence-corrected chi connectivity index (χ0v) is 14.0.